The zero-order valence-electron chi connectivity index (χ0n) is 9.43. The second-order valence-corrected chi connectivity index (χ2v) is 5.24. The minimum absolute atomic E-state index is 0.246. The Kier molecular flexibility index (Phi) is 4.63. The standard InChI is InChI=1S/C10H14BINO4/c1-15-6-12-17-8-4-2-3-7-9(5-13)16-11(14)10(7)8/h2-4,9,14H,5-6,13H2,1H3/q-1. The SMILES string of the molecule is COC[I-]Oc1cccc2c1B(O)OC2CN. The molecule has 0 amide bonds. The molecule has 1 aromatic rings. The van der Waals surface area contributed by atoms with Gasteiger partial charge in [-0.2, -0.15) is 0 Å². The molecule has 7 heteroatoms. The molecule has 3 N–H and O–H groups in total. The van der Waals surface area contributed by atoms with Gasteiger partial charge in [-0.05, 0) is 0 Å². The van der Waals surface area contributed by atoms with Crippen LogP contribution in [0.15, 0.2) is 18.2 Å². The molecule has 1 heterocycles. The number of hydrogen-bond donors (Lipinski definition) is 2. The molecular formula is C10H14BINO4-. The quantitative estimate of drug-likeness (QED) is 0.249. The Morgan fingerprint density at radius 3 is 3.12 bits per heavy atom. The summed E-state index contributed by atoms with van der Waals surface area (Å²) in [6.07, 6.45) is -0.246. The molecule has 0 aromatic heterocycles. The van der Waals surface area contributed by atoms with Crippen LogP contribution < -0.4 is 35.9 Å². The number of nitrogens with two attached hydrogens (primary N) is 1. The van der Waals surface area contributed by atoms with Gasteiger partial charge in [0.2, 0.25) is 0 Å². The molecular weight excluding hydrogens is 336 g/mol. The number of rotatable bonds is 5. The van der Waals surface area contributed by atoms with Crippen molar-refractivity contribution >= 4 is 12.6 Å². The fraction of sp³-hybridized carbons (Fsp3) is 0.400. The molecule has 2 rings (SSSR count). The Morgan fingerprint density at radius 1 is 1.59 bits per heavy atom. The molecule has 0 saturated carbocycles. The first-order valence-electron chi connectivity index (χ1n) is 5.19. The summed E-state index contributed by atoms with van der Waals surface area (Å²) in [7, 11) is 0.697. The van der Waals surface area contributed by atoms with Gasteiger partial charge in [-0.3, -0.25) is 0 Å². The van der Waals surface area contributed by atoms with Crippen LogP contribution in [0.2, 0.25) is 0 Å². The van der Waals surface area contributed by atoms with Crippen LogP contribution in [0.3, 0.4) is 0 Å². The number of ether oxygens (including phenoxy) is 1. The predicted octanol–water partition coefficient (Wildman–Crippen LogP) is -3.61. The molecule has 0 spiro atoms. The summed E-state index contributed by atoms with van der Waals surface area (Å²) in [5.41, 5.74) is 7.22. The Labute approximate surface area is 111 Å². The van der Waals surface area contributed by atoms with Gasteiger partial charge in [-0.15, -0.1) is 0 Å². The molecule has 17 heavy (non-hydrogen) atoms. The summed E-state index contributed by atoms with van der Waals surface area (Å²) < 4.78 is 16.6. The summed E-state index contributed by atoms with van der Waals surface area (Å²) in [4.78, 5) is 0. The first-order valence-corrected chi connectivity index (χ1v) is 7.60. The van der Waals surface area contributed by atoms with Gasteiger partial charge < -0.3 is 0 Å². The van der Waals surface area contributed by atoms with Crippen LogP contribution in [0.1, 0.15) is 11.7 Å². The van der Waals surface area contributed by atoms with Crippen molar-refractivity contribution in [2.24, 2.45) is 5.73 Å². The molecule has 0 fully saturated rings. The van der Waals surface area contributed by atoms with E-state index in [1.807, 2.05) is 18.2 Å². The zero-order valence-corrected chi connectivity index (χ0v) is 11.6. The van der Waals surface area contributed by atoms with Crippen molar-refractivity contribution in [1.29, 1.82) is 0 Å². The van der Waals surface area contributed by atoms with E-state index in [0.717, 1.165) is 5.56 Å². The summed E-state index contributed by atoms with van der Waals surface area (Å²) in [5.74, 6) is 0.677. The monoisotopic (exact) mass is 350 g/mol. The van der Waals surface area contributed by atoms with Gasteiger partial charge in [-0.25, -0.2) is 0 Å². The van der Waals surface area contributed by atoms with Crippen molar-refractivity contribution in [2.75, 3.05) is 18.3 Å². The molecule has 1 atom stereocenters. The number of halogens is 1. The molecule has 1 aromatic carbocycles. The van der Waals surface area contributed by atoms with Gasteiger partial charge in [0.1, 0.15) is 0 Å². The molecule has 1 aliphatic heterocycles. The Bertz CT molecular complexity index is 393. The fourth-order valence-electron chi connectivity index (χ4n) is 1.78. The maximum atomic E-state index is 9.84. The maximum absolute atomic E-state index is 9.84. The van der Waals surface area contributed by atoms with Crippen LogP contribution in [0.4, 0.5) is 0 Å². The van der Waals surface area contributed by atoms with E-state index < -0.39 is 28.7 Å². The van der Waals surface area contributed by atoms with Crippen LogP contribution in [-0.2, 0) is 9.39 Å². The molecule has 1 unspecified atom stereocenters. The van der Waals surface area contributed by atoms with E-state index in [-0.39, 0.29) is 6.10 Å². The number of alkyl halides is 1. The van der Waals surface area contributed by atoms with Gasteiger partial charge in [0.15, 0.2) is 0 Å². The van der Waals surface area contributed by atoms with E-state index in [2.05, 4.69) is 0 Å². The summed E-state index contributed by atoms with van der Waals surface area (Å²) >= 11 is -0.520. The first kappa shape index (κ1) is 13.1. The van der Waals surface area contributed by atoms with Crippen molar-refractivity contribution in [3.05, 3.63) is 23.8 Å². The second-order valence-electron chi connectivity index (χ2n) is 3.56. The van der Waals surface area contributed by atoms with Crippen LogP contribution in [0, 0.1) is 0 Å². The van der Waals surface area contributed by atoms with E-state index >= 15 is 0 Å². The van der Waals surface area contributed by atoms with Crippen molar-refractivity contribution < 1.29 is 39.1 Å². The summed E-state index contributed by atoms with van der Waals surface area (Å²) in [6, 6.07) is 5.62. The molecule has 5 nitrogen and oxygen atoms in total. The van der Waals surface area contributed by atoms with Gasteiger partial charge in [0.05, 0.1) is 0 Å². The topological polar surface area (TPSA) is 73.9 Å². The average molecular weight is 350 g/mol. The zero-order chi connectivity index (χ0) is 12.3. The third kappa shape index (κ3) is 2.74. The molecule has 0 aliphatic carbocycles. The van der Waals surface area contributed by atoms with Crippen molar-refractivity contribution in [1.82, 2.24) is 0 Å². The third-order valence-corrected chi connectivity index (χ3v) is 4.16. The third-order valence-electron chi connectivity index (χ3n) is 2.49. The molecule has 0 saturated heterocycles. The fourth-order valence-corrected chi connectivity index (χ4v) is 2.88. The summed E-state index contributed by atoms with van der Waals surface area (Å²) in [6.45, 7) is 0.348. The molecule has 0 radical (unpaired) electrons. The van der Waals surface area contributed by atoms with Gasteiger partial charge in [-0.1, -0.05) is 0 Å². The van der Waals surface area contributed by atoms with Crippen molar-refractivity contribution in [2.45, 2.75) is 6.10 Å². The van der Waals surface area contributed by atoms with E-state index in [1.54, 1.807) is 7.11 Å². The number of fused-ring (bicyclic) bond motifs is 1. The Balaban J connectivity index is 2.21. The van der Waals surface area contributed by atoms with Crippen LogP contribution in [-0.4, -0.2) is 30.4 Å². The summed E-state index contributed by atoms with van der Waals surface area (Å²) in [5, 5.41) is 9.84. The number of methoxy groups -OCH3 is 1. The number of benzene rings is 1. The Hall–Kier alpha value is -0.345. The average Bonchev–Trinajstić information content (AvgIpc) is 2.68. The van der Waals surface area contributed by atoms with Crippen LogP contribution in [0.5, 0.6) is 5.75 Å². The molecule has 94 valence electrons. The second kappa shape index (κ2) is 6.01. The predicted molar refractivity (Wildman–Crippen MR) is 59.4 cm³/mol. The molecule has 0 bridgehead atoms. The van der Waals surface area contributed by atoms with E-state index in [1.165, 1.54) is 0 Å². The molecule has 1 aliphatic rings. The normalized spacial score (nSPS) is 18.5. The van der Waals surface area contributed by atoms with Crippen LogP contribution >= 0.6 is 0 Å². The van der Waals surface area contributed by atoms with E-state index in [4.69, 9.17) is 18.2 Å². The first-order chi connectivity index (χ1) is 8.27. The minimum atomic E-state index is -0.943. The van der Waals surface area contributed by atoms with E-state index in [9.17, 15) is 5.02 Å². The van der Waals surface area contributed by atoms with Crippen molar-refractivity contribution in [3.8, 4) is 5.75 Å². The van der Waals surface area contributed by atoms with Gasteiger partial charge in [0.25, 0.3) is 0 Å². The van der Waals surface area contributed by atoms with E-state index in [0.29, 0.717) is 22.4 Å². The Morgan fingerprint density at radius 2 is 2.41 bits per heavy atom. The van der Waals surface area contributed by atoms with Crippen LogP contribution in [0.25, 0.3) is 0 Å². The van der Waals surface area contributed by atoms with Gasteiger partial charge >= 0.3 is 111 Å². The van der Waals surface area contributed by atoms with Crippen molar-refractivity contribution in [3.63, 3.8) is 0 Å². The van der Waals surface area contributed by atoms with Gasteiger partial charge in [0, 0.05) is 0 Å². The number of hydrogen-bond acceptors (Lipinski definition) is 5.